The first-order valence-electron chi connectivity index (χ1n) is 4.77. The molecule has 4 nitrogen and oxygen atoms in total. The van der Waals surface area contributed by atoms with Crippen molar-refractivity contribution in [3.63, 3.8) is 0 Å². The van der Waals surface area contributed by atoms with Gasteiger partial charge in [-0.25, -0.2) is 0 Å². The Balaban J connectivity index is 2.39. The standard InChI is InChI=1S/C12H11N3O/c1-16-10-4-2-8(3-5-10)11-6-9(7-13)12(14)15-11/h2-6,15H,14H2,1H3. The highest BCUT2D eigenvalue weighted by Crippen LogP contribution is 2.24. The average Bonchev–Trinajstić information content (AvgIpc) is 2.71. The topological polar surface area (TPSA) is 74.8 Å². The minimum absolute atomic E-state index is 0.397. The van der Waals surface area contributed by atoms with E-state index < -0.39 is 0 Å². The number of nitrogens with one attached hydrogen (secondary N) is 1. The lowest BCUT2D eigenvalue weighted by atomic mass is 10.1. The molecule has 0 radical (unpaired) electrons. The zero-order chi connectivity index (χ0) is 11.5. The van der Waals surface area contributed by atoms with Crippen molar-refractivity contribution in [2.75, 3.05) is 12.8 Å². The van der Waals surface area contributed by atoms with Crippen LogP contribution in [0, 0.1) is 11.3 Å². The van der Waals surface area contributed by atoms with Crippen LogP contribution < -0.4 is 10.5 Å². The molecule has 2 rings (SSSR count). The van der Waals surface area contributed by atoms with E-state index in [0.29, 0.717) is 11.4 Å². The van der Waals surface area contributed by atoms with E-state index in [0.717, 1.165) is 17.0 Å². The number of hydrogen-bond donors (Lipinski definition) is 2. The van der Waals surface area contributed by atoms with Gasteiger partial charge in [-0.2, -0.15) is 5.26 Å². The number of nitrogen functional groups attached to an aromatic ring is 1. The molecule has 80 valence electrons. The number of aromatic amines is 1. The van der Waals surface area contributed by atoms with Crippen LogP contribution in [-0.2, 0) is 0 Å². The smallest absolute Gasteiger partial charge is 0.119 e. The van der Waals surface area contributed by atoms with Gasteiger partial charge >= 0.3 is 0 Å². The van der Waals surface area contributed by atoms with E-state index in [1.54, 1.807) is 13.2 Å². The van der Waals surface area contributed by atoms with Crippen LogP contribution in [0.2, 0.25) is 0 Å². The normalized spacial score (nSPS) is 9.75. The van der Waals surface area contributed by atoms with Gasteiger partial charge in [-0.05, 0) is 35.9 Å². The number of ether oxygens (including phenoxy) is 1. The Labute approximate surface area is 93.3 Å². The van der Waals surface area contributed by atoms with Crippen LogP contribution in [0.15, 0.2) is 30.3 Å². The number of methoxy groups -OCH3 is 1. The number of H-pyrrole nitrogens is 1. The molecule has 0 aliphatic heterocycles. The zero-order valence-corrected chi connectivity index (χ0v) is 8.82. The Hall–Kier alpha value is -2.41. The second-order valence-electron chi connectivity index (χ2n) is 3.35. The first-order chi connectivity index (χ1) is 7.74. The summed E-state index contributed by atoms with van der Waals surface area (Å²) >= 11 is 0. The highest BCUT2D eigenvalue weighted by molar-refractivity contribution is 5.67. The zero-order valence-electron chi connectivity index (χ0n) is 8.82. The Morgan fingerprint density at radius 3 is 2.50 bits per heavy atom. The van der Waals surface area contributed by atoms with E-state index in [2.05, 4.69) is 4.98 Å². The molecule has 0 fully saturated rings. The molecule has 0 saturated heterocycles. The minimum Gasteiger partial charge on any atom is -0.497 e. The SMILES string of the molecule is COc1ccc(-c2cc(C#N)c(N)[nH]2)cc1. The van der Waals surface area contributed by atoms with E-state index in [4.69, 9.17) is 15.7 Å². The molecule has 1 aromatic heterocycles. The van der Waals surface area contributed by atoms with Crippen LogP contribution >= 0.6 is 0 Å². The van der Waals surface area contributed by atoms with Gasteiger partial charge in [-0.3, -0.25) is 0 Å². The number of nitrogens with two attached hydrogens (primary N) is 1. The quantitative estimate of drug-likeness (QED) is 0.802. The van der Waals surface area contributed by atoms with E-state index >= 15 is 0 Å². The Kier molecular flexibility index (Phi) is 2.52. The molecule has 1 aromatic carbocycles. The van der Waals surface area contributed by atoms with Crippen LogP contribution in [0.25, 0.3) is 11.3 Å². The third-order valence-electron chi connectivity index (χ3n) is 2.37. The number of rotatable bonds is 2. The van der Waals surface area contributed by atoms with Crippen molar-refractivity contribution in [2.45, 2.75) is 0 Å². The molecule has 0 unspecified atom stereocenters. The summed E-state index contributed by atoms with van der Waals surface area (Å²) < 4.78 is 5.07. The number of nitriles is 1. The fourth-order valence-corrected chi connectivity index (χ4v) is 1.49. The molecule has 0 atom stereocenters. The minimum atomic E-state index is 0.397. The van der Waals surface area contributed by atoms with Crippen molar-refractivity contribution in [1.29, 1.82) is 5.26 Å². The van der Waals surface area contributed by atoms with Crippen molar-refractivity contribution >= 4 is 5.82 Å². The maximum absolute atomic E-state index is 8.79. The number of aromatic nitrogens is 1. The molecule has 0 aliphatic carbocycles. The highest BCUT2D eigenvalue weighted by Gasteiger charge is 2.06. The second-order valence-corrected chi connectivity index (χ2v) is 3.35. The maximum atomic E-state index is 8.79. The number of hydrogen-bond acceptors (Lipinski definition) is 3. The first kappa shape index (κ1) is 10.1. The van der Waals surface area contributed by atoms with E-state index in [9.17, 15) is 0 Å². The molecular weight excluding hydrogens is 202 g/mol. The number of nitrogens with zero attached hydrogens (tertiary/aromatic N) is 1. The van der Waals surface area contributed by atoms with Gasteiger partial charge in [0.2, 0.25) is 0 Å². The summed E-state index contributed by atoms with van der Waals surface area (Å²) in [7, 11) is 1.62. The second kappa shape index (κ2) is 3.99. The monoisotopic (exact) mass is 213 g/mol. The van der Waals surface area contributed by atoms with Gasteiger partial charge in [-0.15, -0.1) is 0 Å². The van der Waals surface area contributed by atoms with Gasteiger partial charge < -0.3 is 15.5 Å². The molecule has 0 amide bonds. The molecule has 0 aliphatic rings. The van der Waals surface area contributed by atoms with Gasteiger partial charge in [0.1, 0.15) is 17.6 Å². The highest BCUT2D eigenvalue weighted by atomic mass is 16.5. The van der Waals surface area contributed by atoms with Gasteiger partial charge in [0, 0.05) is 5.69 Å². The molecule has 0 spiro atoms. The molecule has 3 N–H and O–H groups in total. The van der Waals surface area contributed by atoms with E-state index in [1.807, 2.05) is 30.3 Å². The van der Waals surface area contributed by atoms with Gasteiger partial charge in [0.05, 0.1) is 12.7 Å². The summed E-state index contributed by atoms with van der Waals surface area (Å²) in [6.45, 7) is 0. The largest absolute Gasteiger partial charge is 0.497 e. The first-order valence-corrected chi connectivity index (χ1v) is 4.77. The van der Waals surface area contributed by atoms with Crippen molar-refractivity contribution in [3.8, 4) is 23.1 Å². The lowest BCUT2D eigenvalue weighted by molar-refractivity contribution is 0.415. The predicted octanol–water partition coefficient (Wildman–Crippen LogP) is 2.14. The summed E-state index contributed by atoms with van der Waals surface area (Å²) in [5, 5.41) is 8.79. The summed E-state index contributed by atoms with van der Waals surface area (Å²) in [6.07, 6.45) is 0. The third kappa shape index (κ3) is 1.71. The molecule has 0 saturated carbocycles. The van der Waals surface area contributed by atoms with Crippen LogP contribution in [-0.4, -0.2) is 12.1 Å². The average molecular weight is 213 g/mol. The summed E-state index contributed by atoms with van der Waals surface area (Å²) in [4.78, 5) is 2.96. The Morgan fingerprint density at radius 2 is 2.00 bits per heavy atom. The van der Waals surface area contributed by atoms with Gasteiger partial charge in [0.25, 0.3) is 0 Å². The van der Waals surface area contributed by atoms with Crippen LogP contribution in [0.1, 0.15) is 5.56 Å². The fraction of sp³-hybridized carbons (Fsp3) is 0.0833. The van der Waals surface area contributed by atoms with Gasteiger partial charge in [-0.1, -0.05) is 0 Å². The van der Waals surface area contributed by atoms with Crippen LogP contribution in [0.5, 0.6) is 5.75 Å². The summed E-state index contributed by atoms with van der Waals surface area (Å²) in [6, 6.07) is 11.3. The fourth-order valence-electron chi connectivity index (χ4n) is 1.49. The summed E-state index contributed by atoms with van der Waals surface area (Å²) in [5.74, 6) is 1.19. The van der Waals surface area contributed by atoms with Crippen molar-refractivity contribution in [3.05, 3.63) is 35.9 Å². The summed E-state index contributed by atoms with van der Waals surface area (Å²) in [5.41, 5.74) is 7.90. The third-order valence-corrected chi connectivity index (χ3v) is 2.37. The molecule has 1 heterocycles. The molecule has 2 aromatic rings. The Bertz CT molecular complexity index is 534. The predicted molar refractivity (Wildman–Crippen MR) is 61.9 cm³/mol. The Morgan fingerprint density at radius 1 is 1.31 bits per heavy atom. The lowest BCUT2D eigenvalue weighted by Crippen LogP contribution is -1.87. The maximum Gasteiger partial charge on any atom is 0.119 e. The van der Waals surface area contributed by atoms with Crippen LogP contribution in [0.4, 0.5) is 5.82 Å². The van der Waals surface area contributed by atoms with Crippen molar-refractivity contribution in [1.82, 2.24) is 4.98 Å². The molecule has 4 heteroatoms. The molecule has 16 heavy (non-hydrogen) atoms. The van der Waals surface area contributed by atoms with Crippen molar-refractivity contribution in [2.24, 2.45) is 0 Å². The number of benzene rings is 1. The van der Waals surface area contributed by atoms with E-state index in [-0.39, 0.29) is 0 Å². The van der Waals surface area contributed by atoms with E-state index in [1.165, 1.54) is 0 Å². The molecular formula is C12H11N3O. The molecule has 0 bridgehead atoms. The van der Waals surface area contributed by atoms with Crippen LogP contribution in [0.3, 0.4) is 0 Å². The lowest BCUT2D eigenvalue weighted by Gasteiger charge is -2.01. The van der Waals surface area contributed by atoms with Crippen molar-refractivity contribution < 1.29 is 4.74 Å². The number of anilines is 1. The van der Waals surface area contributed by atoms with Gasteiger partial charge in [0.15, 0.2) is 0 Å².